The molecule has 6 nitrogen and oxygen atoms in total. The highest BCUT2D eigenvalue weighted by Gasteiger charge is 2.19. The van der Waals surface area contributed by atoms with Gasteiger partial charge in [0.1, 0.15) is 13.2 Å². The molecule has 0 aliphatic carbocycles. The van der Waals surface area contributed by atoms with Gasteiger partial charge in [-0.15, -0.1) is 0 Å². The lowest BCUT2D eigenvalue weighted by Gasteiger charge is -2.18. The van der Waals surface area contributed by atoms with E-state index in [9.17, 15) is 14.4 Å². The number of carbonyl (C=O) groups is 3. The first-order chi connectivity index (χ1) is 37.5. The third kappa shape index (κ3) is 60.7. The number of hydrogen-bond acceptors (Lipinski definition) is 6. The predicted octanol–water partition coefficient (Wildman–Crippen LogP) is 21.6. The van der Waals surface area contributed by atoms with Crippen LogP contribution in [0, 0.1) is 0 Å². The minimum atomic E-state index is -0.793. The molecule has 0 radical (unpaired) electrons. The summed E-state index contributed by atoms with van der Waals surface area (Å²) >= 11 is 0. The molecule has 0 amide bonds. The maximum Gasteiger partial charge on any atom is 0.306 e. The van der Waals surface area contributed by atoms with Crippen LogP contribution in [0.15, 0.2) is 122 Å². The molecule has 0 aromatic heterocycles. The lowest BCUT2D eigenvalue weighted by Crippen LogP contribution is -2.30. The number of allylic oxidation sites excluding steroid dienone is 20. The van der Waals surface area contributed by atoms with Crippen LogP contribution in [0.1, 0.15) is 284 Å². The summed E-state index contributed by atoms with van der Waals surface area (Å²) in [7, 11) is 0. The molecule has 0 spiro atoms. The van der Waals surface area contributed by atoms with E-state index in [1.807, 2.05) is 0 Å². The van der Waals surface area contributed by atoms with Crippen molar-refractivity contribution < 1.29 is 28.6 Å². The molecule has 0 bridgehead atoms. The van der Waals surface area contributed by atoms with Gasteiger partial charge >= 0.3 is 17.9 Å². The Morgan fingerprint density at radius 2 is 0.513 bits per heavy atom. The van der Waals surface area contributed by atoms with Gasteiger partial charge in [0, 0.05) is 19.3 Å². The van der Waals surface area contributed by atoms with Crippen molar-refractivity contribution in [1.82, 2.24) is 0 Å². The van der Waals surface area contributed by atoms with E-state index in [1.54, 1.807) is 0 Å². The Morgan fingerprint density at radius 1 is 0.276 bits per heavy atom. The number of rotatable bonds is 56. The molecular formula is C70H116O6. The van der Waals surface area contributed by atoms with Gasteiger partial charge in [0.15, 0.2) is 6.10 Å². The van der Waals surface area contributed by atoms with Gasteiger partial charge in [0.2, 0.25) is 0 Å². The van der Waals surface area contributed by atoms with Crippen molar-refractivity contribution in [2.45, 2.75) is 290 Å². The second kappa shape index (κ2) is 63.3. The summed E-state index contributed by atoms with van der Waals surface area (Å²) in [6, 6.07) is 0. The van der Waals surface area contributed by atoms with Crippen molar-refractivity contribution in [2.75, 3.05) is 13.2 Å². The van der Waals surface area contributed by atoms with E-state index < -0.39 is 6.10 Å². The maximum absolute atomic E-state index is 12.8. The van der Waals surface area contributed by atoms with Crippen LogP contribution in [-0.4, -0.2) is 37.2 Å². The Kier molecular flexibility index (Phi) is 59.9. The van der Waals surface area contributed by atoms with Gasteiger partial charge < -0.3 is 14.2 Å². The Morgan fingerprint density at radius 3 is 0.803 bits per heavy atom. The van der Waals surface area contributed by atoms with Crippen molar-refractivity contribution in [3.8, 4) is 0 Å². The molecule has 76 heavy (non-hydrogen) atoms. The van der Waals surface area contributed by atoms with Crippen molar-refractivity contribution >= 4 is 17.9 Å². The molecule has 0 aliphatic heterocycles. The first kappa shape index (κ1) is 71.8. The fourth-order valence-electron chi connectivity index (χ4n) is 8.53. The maximum atomic E-state index is 12.8. The van der Waals surface area contributed by atoms with Crippen LogP contribution in [-0.2, 0) is 28.6 Å². The van der Waals surface area contributed by atoms with Gasteiger partial charge in [0.25, 0.3) is 0 Å². The van der Waals surface area contributed by atoms with Crippen molar-refractivity contribution in [3.63, 3.8) is 0 Å². The molecule has 0 saturated heterocycles. The summed E-state index contributed by atoms with van der Waals surface area (Å²) in [5.74, 6) is -0.942. The molecule has 1 atom stereocenters. The van der Waals surface area contributed by atoms with Gasteiger partial charge in [-0.05, 0) is 96.3 Å². The lowest BCUT2D eigenvalue weighted by atomic mass is 10.0. The molecule has 0 aromatic carbocycles. The molecule has 432 valence electrons. The normalized spacial score (nSPS) is 12.9. The van der Waals surface area contributed by atoms with E-state index in [0.717, 1.165) is 122 Å². The first-order valence-corrected chi connectivity index (χ1v) is 31.5. The number of esters is 3. The fraction of sp³-hybridized carbons (Fsp3) is 0.671. The van der Waals surface area contributed by atoms with Crippen LogP contribution in [0.3, 0.4) is 0 Å². The average molecular weight is 1050 g/mol. The molecule has 0 fully saturated rings. The summed E-state index contributed by atoms with van der Waals surface area (Å²) in [6.07, 6.45) is 88.1. The van der Waals surface area contributed by atoms with Crippen LogP contribution >= 0.6 is 0 Å². The first-order valence-electron chi connectivity index (χ1n) is 31.5. The Balaban J connectivity index is 4.20. The monoisotopic (exact) mass is 1050 g/mol. The highest BCUT2D eigenvalue weighted by molar-refractivity contribution is 5.71. The van der Waals surface area contributed by atoms with Gasteiger partial charge in [-0.3, -0.25) is 14.4 Å². The van der Waals surface area contributed by atoms with E-state index in [1.165, 1.54) is 122 Å². The minimum Gasteiger partial charge on any atom is -0.462 e. The van der Waals surface area contributed by atoms with E-state index in [-0.39, 0.29) is 31.1 Å². The summed E-state index contributed by atoms with van der Waals surface area (Å²) < 4.78 is 16.7. The zero-order valence-corrected chi connectivity index (χ0v) is 49.5. The van der Waals surface area contributed by atoms with Crippen molar-refractivity contribution in [2.24, 2.45) is 0 Å². The third-order valence-electron chi connectivity index (χ3n) is 13.2. The summed E-state index contributed by atoms with van der Waals surface area (Å²) in [5.41, 5.74) is 0. The van der Waals surface area contributed by atoms with E-state index in [2.05, 4.69) is 142 Å². The zero-order chi connectivity index (χ0) is 55.0. The fourth-order valence-corrected chi connectivity index (χ4v) is 8.53. The molecule has 0 aromatic rings. The number of unbranched alkanes of at least 4 members (excludes halogenated alkanes) is 25. The van der Waals surface area contributed by atoms with E-state index in [4.69, 9.17) is 14.2 Å². The van der Waals surface area contributed by atoms with Gasteiger partial charge in [0.05, 0.1) is 0 Å². The van der Waals surface area contributed by atoms with Crippen molar-refractivity contribution in [3.05, 3.63) is 122 Å². The molecule has 0 aliphatic rings. The van der Waals surface area contributed by atoms with Crippen LogP contribution in [0.4, 0.5) is 0 Å². The Hall–Kier alpha value is -4.19. The molecule has 6 heteroatoms. The molecule has 0 rings (SSSR count). The number of ether oxygens (including phenoxy) is 3. The highest BCUT2D eigenvalue weighted by Crippen LogP contribution is 2.16. The molecular weight excluding hydrogens is 937 g/mol. The third-order valence-corrected chi connectivity index (χ3v) is 13.2. The molecule has 0 saturated carbocycles. The smallest absolute Gasteiger partial charge is 0.306 e. The van der Waals surface area contributed by atoms with E-state index in [0.29, 0.717) is 19.3 Å². The SMILES string of the molecule is CC/C=C\C/C=C\C/C=C\C/C=C\C/C=C\C/C=C\C/C=C\C/C=C\C/C=C\C/C=C\CCCCC(=O)OCC(COC(=O)CCCCCCCC)OC(=O)CCCCCCCCCCCCCCCCCCCCC. The minimum absolute atomic E-state index is 0.0912. The molecule has 0 heterocycles. The largest absolute Gasteiger partial charge is 0.462 e. The van der Waals surface area contributed by atoms with Crippen LogP contribution in [0.25, 0.3) is 0 Å². The standard InChI is InChI=1S/C70H116O6/c1-4-7-10-13-16-18-20-22-24-26-28-29-30-31-32-33-34-35-36-37-38-39-40-41-43-44-46-48-50-52-54-57-60-63-69(72)75-66-67(65-74-68(71)62-59-56-15-12-9-6-3)76-70(73)64-61-58-55-53-51-49-47-45-42-27-25-23-21-19-17-14-11-8-5-2/h7,10,16,18,22,24,28-29,31-32,34-35,37-38,40-41,44,46,50,52,67H,4-6,8-9,11-15,17,19-21,23,25-27,30,33,36,39,42-43,45,47-49,51,53-66H2,1-3H3/b10-7-,18-16-,24-22-,29-28-,32-31-,35-34-,38-37-,41-40-,46-44-,52-50-. The second-order valence-electron chi connectivity index (χ2n) is 20.6. The Bertz CT molecular complexity index is 1590. The zero-order valence-electron chi connectivity index (χ0n) is 49.5. The van der Waals surface area contributed by atoms with Gasteiger partial charge in [-0.25, -0.2) is 0 Å². The van der Waals surface area contributed by atoms with Crippen LogP contribution < -0.4 is 0 Å². The number of carbonyl (C=O) groups excluding carboxylic acids is 3. The second-order valence-corrected chi connectivity index (χ2v) is 20.6. The predicted molar refractivity (Wildman–Crippen MR) is 330 cm³/mol. The lowest BCUT2D eigenvalue weighted by molar-refractivity contribution is -0.167. The average Bonchev–Trinajstić information content (AvgIpc) is 3.42. The van der Waals surface area contributed by atoms with Crippen LogP contribution in [0.2, 0.25) is 0 Å². The van der Waals surface area contributed by atoms with E-state index >= 15 is 0 Å². The summed E-state index contributed by atoms with van der Waals surface area (Å²) in [5, 5.41) is 0. The summed E-state index contributed by atoms with van der Waals surface area (Å²) in [4.78, 5) is 37.9. The Labute approximate surface area is 469 Å². The van der Waals surface area contributed by atoms with Crippen LogP contribution in [0.5, 0.6) is 0 Å². The van der Waals surface area contributed by atoms with Crippen molar-refractivity contribution in [1.29, 1.82) is 0 Å². The van der Waals surface area contributed by atoms with Gasteiger partial charge in [-0.2, -0.15) is 0 Å². The van der Waals surface area contributed by atoms with Gasteiger partial charge in [-0.1, -0.05) is 290 Å². The number of hydrogen-bond donors (Lipinski definition) is 0. The quantitative estimate of drug-likeness (QED) is 0.0261. The molecule has 1 unspecified atom stereocenters. The topological polar surface area (TPSA) is 78.9 Å². The highest BCUT2D eigenvalue weighted by atomic mass is 16.6. The summed E-state index contributed by atoms with van der Waals surface area (Å²) in [6.45, 7) is 6.44. The molecule has 0 N–H and O–H groups in total.